The smallest absolute Gasteiger partial charge is 0.336 e. The van der Waals surface area contributed by atoms with Crippen molar-refractivity contribution in [1.29, 1.82) is 0 Å². The molecule has 2 N–H and O–H groups in total. The highest BCUT2D eigenvalue weighted by Gasteiger charge is 2.16. The zero-order chi connectivity index (χ0) is 14.0. The van der Waals surface area contributed by atoms with Crippen molar-refractivity contribution < 1.29 is 24.2 Å². The number of hydrogen-bond donors (Lipinski definition) is 2. The molecule has 0 unspecified atom stereocenters. The van der Waals surface area contributed by atoms with Crippen LogP contribution in [0.3, 0.4) is 0 Å². The lowest BCUT2D eigenvalue weighted by Gasteiger charge is -2.06. The summed E-state index contributed by atoms with van der Waals surface area (Å²) in [6, 6.07) is 9.51. The SMILES string of the molecule is O=C(O)c1ccc(-c2cccc(F)c2)cc1C(=O)O. The van der Waals surface area contributed by atoms with Gasteiger partial charge in [-0.25, -0.2) is 14.0 Å². The number of benzene rings is 2. The lowest BCUT2D eigenvalue weighted by molar-refractivity contribution is 0.0651. The van der Waals surface area contributed by atoms with Crippen LogP contribution in [0.5, 0.6) is 0 Å². The maximum atomic E-state index is 13.1. The summed E-state index contributed by atoms with van der Waals surface area (Å²) < 4.78 is 13.1. The summed E-state index contributed by atoms with van der Waals surface area (Å²) in [5, 5.41) is 17.9. The molecule has 2 aromatic carbocycles. The summed E-state index contributed by atoms with van der Waals surface area (Å²) >= 11 is 0. The van der Waals surface area contributed by atoms with Crippen molar-refractivity contribution in [3.8, 4) is 11.1 Å². The minimum Gasteiger partial charge on any atom is -0.478 e. The number of halogens is 1. The molecule has 0 atom stereocenters. The number of hydrogen-bond acceptors (Lipinski definition) is 2. The van der Waals surface area contributed by atoms with E-state index in [0.29, 0.717) is 11.1 Å². The molecule has 2 rings (SSSR count). The summed E-state index contributed by atoms with van der Waals surface area (Å²) in [6.45, 7) is 0. The van der Waals surface area contributed by atoms with E-state index in [9.17, 15) is 14.0 Å². The van der Waals surface area contributed by atoms with Crippen LogP contribution in [0.4, 0.5) is 4.39 Å². The molecule has 0 amide bonds. The number of rotatable bonds is 3. The molecule has 0 heterocycles. The molecule has 0 aromatic heterocycles. The number of carbonyl (C=O) groups is 2. The van der Waals surface area contributed by atoms with Gasteiger partial charge < -0.3 is 10.2 Å². The van der Waals surface area contributed by atoms with Crippen LogP contribution in [-0.2, 0) is 0 Å². The molecule has 96 valence electrons. The summed E-state index contributed by atoms with van der Waals surface area (Å²) in [5.74, 6) is -3.10. The standard InChI is InChI=1S/C14H9FO4/c15-10-3-1-2-8(6-10)9-4-5-11(13(16)17)12(7-9)14(18)19/h1-7H,(H,16,17)(H,18,19). The molecule has 19 heavy (non-hydrogen) atoms. The molecule has 0 aliphatic rings. The van der Waals surface area contributed by atoms with Gasteiger partial charge in [-0.15, -0.1) is 0 Å². The van der Waals surface area contributed by atoms with Crippen molar-refractivity contribution in [1.82, 2.24) is 0 Å². The third-order valence-electron chi connectivity index (χ3n) is 2.64. The highest BCUT2D eigenvalue weighted by atomic mass is 19.1. The van der Waals surface area contributed by atoms with E-state index in [0.717, 1.165) is 0 Å². The minimum atomic E-state index is -1.34. The topological polar surface area (TPSA) is 74.6 Å². The van der Waals surface area contributed by atoms with Gasteiger partial charge in [0.15, 0.2) is 0 Å². The fraction of sp³-hybridized carbons (Fsp3) is 0. The van der Waals surface area contributed by atoms with Crippen molar-refractivity contribution in [3.05, 3.63) is 59.4 Å². The van der Waals surface area contributed by atoms with Crippen molar-refractivity contribution in [3.63, 3.8) is 0 Å². The first-order valence-electron chi connectivity index (χ1n) is 5.35. The Morgan fingerprint density at radius 1 is 0.842 bits per heavy atom. The van der Waals surface area contributed by atoms with Crippen LogP contribution in [0.2, 0.25) is 0 Å². The predicted octanol–water partition coefficient (Wildman–Crippen LogP) is 2.89. The quantitative estimate of drug-likeness (QED) is 0.889. The molecule has 0 aliphatic heterocycles. The first-order chi connectivity index (χ1) is 8.99. The Hall–Kier alpha value is -2.69. The monoisotopic (exact) mass is 260 g/mol. The van der Waals surface area contributed by atoms with Gasteiger partial charge in [0, 0.05) is 0 Å². The molecule has 0 saturated heterocycles. The van der Waals surface area contributed by atoms with Crippen molar-refractivity contribution in [2.24, 2.45) is 0 Å². The van der Waals surface area contributed by atoms with Crippen LogP contribution in [0, 0.1) is 5.82 Å². The lowest BCUT2D eigenvalue weighted by atomic mass is 9.99. The van der Waals surface area contributed by atoms with E-state index in [1.165, 1.54) is 36.4 Å². The summed E-state index contributed by atoms with van der Waals surface area (Å²) in [5.41, 5.74) is 0.309. The summed E-state index contributed by atoms with van der Waals surface area (Å²) in [6.07, 6.45) is 0. The average molecular weight is 260 g/mol. The van der Waals surface area contributed by atoms with Gasteiger partial charge in [-0.3, -0.25) is 0 Å². The number of carboxylic acid groups (broad SMARTS) is 2. The molecule has 0 radical (unpaired) electrons. The fourth-order valence-electron chi connectivity index (χ4n) is 1.76. The lowest BCUT2D eigenvalue weighted by Crippen LogP contribution is -2.07. The molecule has 0 bridgehead atoms. The molecule has 0 spiro atoms. The third-order valence-corrected chi connectivity index (χ3v) is 2.64. The van der Waals surface area contributed by atoms with Gasteiger partial charge in [0.2, 0.25) is 0 Å². The molecule has 0 fully saturated rings. The zero-order valence-electron chi connectivity index (χ0n) is 9.63. The normalized spacial score (nSPS) is 10.2. The largest absolute Gasteiger partial charge is 0.478 e. The van der Waals surface area contributed by atoms with Crippen LogP contribution in [0.15, 0.2) is 42.5 Å². The van der Waals surface area contributed by atoms with Crippen molar-refractivity contribution >= 4 is 11.9 Å². The van der Waals surface area contributed by atoms with E-state index in [1.54, 1.807) is 6.07 Å². The van der Waals surface area contributed by atoms with E-state index in [4.69, 9.17) is 10.2 Å². The maximum Gasteiger partial charge on any atom is 0.336 e. The number of carboxylic acids is 2. The highest BCUT2D eigenvalue weighted by molar-refractivity contribution is 6.02. The van der Waals surface area contributed by atoms with Gasteiger partial charge in [0.05, 0.1) is 11.1 Å². The van der Waals surface area contributed by atoms with Crippen LogP contribution >= 0.6 is 0 Å². The second kappa shape index (κ2) is 4.89. The molecule has 4 nitrogen and oxygen atoms in total. The van der Waals surface area contributed by atoms with E-state index in [-0.39, 0.29) is 11.1 Å². The Morgan fingerprint density at radius 2 is 1.47 bits per heavy atom. The van der Waals surface area contributed by atoms with E-state index in [2.05, 4.69) is 0 Å². The molecule has 0 aliphatic carbocycles. The van der Waals surface area contributed by atoms with Crippen LogP contribution in [-0.4, -0.2) is 22.2 Å². The second-order valence-corrected chi connectivity index (χ2v) is 3.88. The van der Waals surface area contributed by atoms with Gasteiger partial charge in [-0.2, -0.15) is 0 Å². The first kappa shape index (κ1) is 12.8. The van der Waals surface area contributed by atoms with Gasteiger partial charge in [0.25, 0.3) is 0 Å². The van der Waals surface area contributed by atoms with Gasteiger partial charge in [-0.05, 0) is 35.4 Å². The van der Waals surface area contributed by atoms with Gasteiger partial charge in [-0.1, -0.05) is 18.2 Å². The molecular formula is C14H9FO4. The van der Waals surface area contributed by atoms with Crippen LogP contribution in [0.25, 0.3) is 11.1 Å². The second-order valence-electron chi connectivity index (χ2n) is 3.88. The first-order valence-corrected chi connectivity index (χ1v) is 5.35. The van der Waals surface area contributed by atoms with Gasteiger partial charge >= 0.3 is 11.9 Å². The van der Waals surface area contributed by atoms with E-state index >= 15 is 0 Å². The minimum absolute atomic E-state index is 0.298. The number of aromatic carboxylic acids is 2. The predicted molar refractivity (Wildman–Crippen MR) is 65.8 cm³/mol. The fourth-order valence-corrected chi connectivity index (χ4v) is 1.76. The molecular weight excluding hydrogens is 251 g/mol. The van der Waals surface area contributed by atoms with E-state index in [1.807, 2.05) is 0 Å². The van der Waals surface area contributed by atoms with Gasteiger partial charge in [0.1, 0.15) is 5.82 Å². The van der Waals surface area contributed by atoms with Crippen molar-refractivity contribution in [2.45, 2.75) is 0 Å². The Labute approximate surface area is 107 Å². The molecule has 0 saturated carbocycles. The third kappa shape index (κ3) is 2.60. The van der Waals surface area contributed by atoms with E-state index < -0.39 is 17.8 Å². The highest BCUT2D eigenvalue weighted by Crippen LogP contribution is 2.23. The average Bonchev–Trinajstić information content (AvgIpc) is 2.37. The maximum absolute atomic E-state index is 13.1. The summed E-state index contributed by atoms with van der Waals surface area (Å²) in [7, 11) is 0. The molecule has 5 heteroatoms. The van der Waals surface area contributed by atoms with Crippen molar-refractivity contribution in [2.75, 3.05) is 0 Å². The Morgan fingerprint density at radius 3 is 2.05 bits per heavy atom. The Bertz CT molecular complexity index is 664. The molecule has 2 aromatic rings. The Kier molecular flexibility index (Phi) is 3.29. The van der Waals surface area contributed by atoms with Crippen LogP contribution < -0.4 is 0 Å². The zero-order valence-corrected chi connectivity index (χ0v) is 9.63. The Balaban J connectivity index is 2.58. The van der Waals surface area contributed by atoms with Crippen LogP contribution in [0.1, 0.15) is 20.7 Å². The summed E-state index contributed by atoms with van der Waals surface area (Å²) in [4.78, 5) is 21.9.